The Kier molecular flexibility index (Phi) is 18.2. The van der Waals surface area contributed by atoms with E-state index in [1.165, 1.54) is 53.0 Å². The number of alkyl halides is 3. The summed E-state index contributed by atoms with van der Waals surface area (Å²) in [7, 11) is 5.06. The van der Waals surface area contributed by atoms with Crippen molar-refractivity contribution in [3.63, 3.8) is 0 Å². The Balaban J connectivity index is 1.87. The molecule has 0 bridgehead atoms. The Labute approximate surface area is 380 Å². The molecule has 1 aromatic carbocycles. The lowest BCUT2D eigenvalue weighted by Gasteiger charge is -2.48. The minimum Gasteiger partial charge on any atom is -0.459 e. The molecule has 3 fully saturated rings. The number of rotatable bonds is 9. The van der Waals surface area contributed by atoms with Gasteiger partial charge in [0.25, 0.3) is 0 Å². The standard InChI is InChI=1S/C45H74F3N3O14/c1-14-32-44(10,58)36(53)27(6)51(41(56)49-29-17-15-16-18-31(29)65-45(46,47)48)22-23(2)20-42(8,57)38(64-40-34(52)30(50(11)12)19-24(3)60-40)25(4)35(26(5)39(55)62-32)63-33-21-43(9,59-13)37(54)28(7)61-33/h15-18,23-28,30,32-38,40,52-54,57-58H,14,19-22H2,1-13H3,(H,49,56)/t23-,24-,25+,26-,27-,28+,30-,32-,33+,34-,35+,36-,37+,38-,40+,42-,43-,44-/m1/s1. The van der Waals surface area contributed by atoms with E-state index in [0.29, 0.717) is 6.42 Å². The van der Waals surface area contributed by atoms with E-state index < -0.39 is 126 Å². The van der Waals surface area contributed by atoms with Crippen LogP contribution in [0.3, 0.4) is 0 Å². The Morgan fingerprint density at radius 3 is 2.18 bits per heavy atom. The Morgan fingerprint density at radius 1 is 0.969 bits per heavy atom. The van der Waals surface area contributed by atoms with Crippen LogP contribution in [-0.4, -0.2) is 172 Å². The number of aliphatic hydroxyl groups excluding tert-OH is 3. The lowest BCUT2D eigenvalue weighted by atomic mass is 9.77. The van der Waals surface area contributed by atoms with Crippen LogP contribution in [-0.2, 0) is 33.2 Å². The van der Waals surface area contributed by atoms with Gasteiger partial charge in [0.05, 0.1) is 53.3 Å². The fraction of sp³-hybridized carbons (Fsp3) is 0.822. The lowest BCUT2D eigenvalue weighted by Crippen LogP contribution is -2.61. The van der Waals surface area contributed by atoms with Crippen molar-refractivity contribution in [2.45, 2.75) is 192 Å². The minimum absolute atomic E-state index is 0.0169. The van der Waals surface area contributed by atoms with Gasteiger partial charge >= 0.3 is 18.4 Å². The van der Waals surface area contributed by atoms with E-state index >= 15 is 0 Å². The number of likely N-dealkylation sites (N-methyl/N-ethyl adjacent to an activating group) is 1. The number of hydrogen-bond acceptors (Lipinski definition) is 15. The number of ether oxygens (including phenoxy) is 7. The van der Waals surface area contributed by atoms with E-state index in [1.54, 1.807) is 34.6 Å². The van der Waals surface area contributed by atoms with Gasteiger partial charge in [-0.3, -0.25) is 4.79 Å². The summed E-state index contributed by atoms with van der Waals surface area (Å²) in [4.78, 5) is 31.7. The number of esters is 1. The maximum Gasteiger partial charge on any atom is 0.573 e. The van der Waals surface area contributed by atoms with E-state index in [-0.39, 0.29) is 37.6 Å². The van der Waals surface area contributed by atoms with E-state index in [1.807, 2.05) is 25.9 Å². The molecule has 18 atom stereocenters. The number of para-hydroxylation sites is 2. The van der Waals surface area contributed by atoms with Crippen molar-refractivity contribution >= 4 is 17.7 Å². The summed E-state index contributed by atoms with van der Waals surface area (Å²) < 4.78 is 81.8. The maximum absolute atomic E-state index is 14.5. The molecule has 374 valence electrons. The number of aliphatic hydroxyl groups is 5. The van der Waals surface area contributed by atoms with E-state index in [0.717, 1.165) is 11.0 Å². The molecular formula is C45H74F3N3O14. The van der Waals surface area contributed by atoms with Crippen LogP contribution in [0, 0.1) is 17.8 Å². The number of anilines is 1. The summed E-state index contributed by atoms with van der Waals surface area (Å²) in [6.45, 7) is 15.6. The first-order valence-electron chi connectivity index (χ1n) is 22.4. The highest BCUT2D eigenvalue weighted by Gasteiger charge is 2.53. The second kappa shape index (κ2) is 21.6. The summed E-state index contributed by atoms with van der Waals surface area (Å²) in [6, 6.07) is 2.22. The van der Waals surface area contributed by atoms with E-state index in [9.17, 15) is 48.3 Å². The first-order valence-corrected chi connectivity index (χ1v) is 22.4. The zero-order valence-electron chi connectivity index (χ0n) is 39.9. The molecule has 0 radical (unpaired) electrons. The smallest absolute Gasteiger partial charge is 0.459 e. The Hall–Kier alpha value is -2.89. The second-order valence-electron chi connectivity index (χ2n) is 19.4. The monoisotopic (exact) mass is 938 g/mol. The normalized spacial score (nSPS) is 41.8. The third-order valence-corrected chi connectivity index (χ3v) is 13.5. The molecule has 0 unspecified atom stereocenters. The number of halogens is 3. The highest BCUT2D eigenvalue weighted by atomic mass is 19.4. The molecule has 3 saturated heterocycles. The van der Waals surface area contributed by atoms with Crippen LogP contribution >= 0.6 is 0 Å². The van der Waals surface area contributed by atoms with Gasteiger partial charge in [-0.1, -0.05) is 32.9 Å². The zero-order valence-corrected chi connectivity index (χ0v) is 39.9. The van der Waals surface area contributed by atoms with Gasteiger partial charge in [-0.15, -0.1) is 13.2 Å². The van der Waals surface area contributed by atoms with Gasteiger partial charge in [0.2, 0.25) is 0 Å². The highest BCUT2D eigenvalue weighted by Crippen LogP contribution is 2.41. The van der Waals surface area contributed by atoms with Gasteiger partial charge in [0.1, 0.15) is 30.0 Å². The average molecular weight is 938 g/mol. The molecule has 20 heteroatoms. The minimum atomic E-state index is -5.09. The first kappa shape index (κ1) is 54.7. The number of urea groups is 1. The topological polar surface area (TPSA) is 218 Å². The van der Waals surface area contributed by atoms with Gasteiger partial charge in [-0.05, 0) is 99.9 Å². The van der Waals surface area contributed by atoms with Crippen molar-refractivity contribution in [3.05, 3.63) is 24.3 Å². The molecule has 0 aliphatic carbocycles. The third-order valence-electron chi connectivity index (χ3n) is 13.5. The van der Waals surface area contributed by atoms with Crippen molar-refractivity contribution < 1.29 is 81.5 Å². The van der Waals surface area contributed by atoms with Crippen LogP contribution in [0.4, 0.5) is 23.7 Å². The molecule has 0 aromatic heterocycles. The SMILES string of the molecule is CC[C@H]1OC(=O)[C@H](C)[C@@H](O[C@H]2C[C@@](C)(OC)[C@@H](O)[C@H](C)O2)[C@H](C)[C@@H](O[C@@H]2O[C@H](C)C[C@@H](N(C)C)[C@H]2O)[C@](C)(O)C[C@@H](C)CN(C(=O)Nc2ccccc2OC(F)(F)F)[C@H](C)[C@@H](O)[C@]1(C)O. The Morgan fingerprint density at radius 2 is 1.60 bits per heavy atom. The summed E-state index contributed by atoms with van der Waals surface area (Å²) in [5, 5.41) is 62.0. The number of carbonyl (C=O) groups excluding carboxylic acids is 2. The number of nitrogens with one attached hydrogen (secondary N) is 1. The fourth-order valence-electron chi connectivity index (χ4n) is 9.75. The predicted molar refractivity (Wildman–Crippen MR) is 230 cm³/mol. The first-order chi connectivity index (χ1) is 30.0. The third kappa shape index (κ3) is 13.0. The van der Waals surface area contributed by atoms with Gasteiger partial charge in [-0.2, -0.15) is 0 Å². The number of hydrogen-bond donors (Lipinski definition) is 6. The van der Waals surface area contributed by atoms with Crippen molar-refractivity contribution in [2.75, 3.05) is 33.1 Å². The molecule has 3 aliphatic heterocycles. The molecule has 4 rings (SSSR count). The summed E-state index contributed by atoms with van der Waals surface area (Å²) in [5.41, 5.74) is -5.59. The van der Waals surface area contributed by atoms with Crippen molar-refractivity contribution in [1.29, 1.82) is 0 Å². The van der Waals surface area contributed by atoms with Gasteiger partial charge in [0, 0.05) is 32.0 Å². The number of cyclic esters (lactones) is 1. The van der Waals surface area contributed by atoms with Gasteiger partial charge < -0.3 is 73.8 Å². The summed E-state index contributed by atoms with van der Waals surface area (Å²) >= 11 is 0. The summed E-state index contributed by atoms with van der Waals surface area (Å²) in [5.74, 6) is -4.42. The molecule has 1 aromatic rings. The molecule has 0 saturated carbocycles. The fourth-order valence-corrected chi connectivity index (χ4v) is 9.75. The number of methoxy groups -OCH3 is 1. The van der Waals surface area contributed by atoms with Crippen LogP contribution in [0.1, 0.15) is 94.9 Å². The Bertz CT molecular complexity index is 1720. The van der Waals surface area contributed by atoms with Crippen molar-refractivity contribution in [3.8, 4) is 5.75 Å². The summed E-state index contributed by atoms with van der Waals surface area (Å²) in [6.07, 6.45) is -16.3. The molecule has 65 heavy (non-hydrogen) atoms. The van der Waals surface area contributed by atoms with Crippen LogP contribution in [0.15, 0.2) is 24.3 Å². The molecule has 0 spiro atoms. The van der Waals surface area contributed by atoms with Crippen molar-refractivity contribution in [1.82, 2.24) is 9.80 Å². The number of carbonyl (C=O) groups is 2. The number of nitrogens with zero attached hydrogens (tertiary/aromatic N) is 2. The van der Waals surface area contributed by atoms with Crippen molar-refractivity contribution in [2.24, 2.45) is 17.8 Å². The number of benzene rings is 1. The average Bonchev–Trinajstić information content (AvgIpc) is 3.21. The lowest BCUT2D eigenvalue weighted by molar-refractivity contribution is -0.318. The van der Waals surface area contributed by atoms with Gasteiger partial charge in [0.15, 0.2) is 18.3 Å². The molecule has 3 aliphatic rings. The maximum atomic E-state index is 14.5. The second-order valence-corrected chi connectivity index (χ2v) is 19.4. The molecule has 17 nitrogen and oxygen atoms in total. The molecule has 6 N–H and O–H groups in total. The van der Waals surface area contributed by atoms with E-state index in [2.05, 4.69) is 10.1 Å². The predicted octanol–water partition coefficient (Wildman–Crippen LogP) is 4.40. The molecular weight excluding hydrogens is 863 g/mol. The highest BCUT2D eigenvalue weighted by molar-refractivity contribution is 5.91. The van der Waals surface area contributed by atoms with E-state index in [4.69, 9.17) is 28.4 Å². The molecule has 2 amide bonds. The quantitative estimate of drug-likeness (QED) is 0.189. The van der Waals surface area contributed by atoms with Gasteiger partial charge in [-0.25, -0.2) is 4.79 Å². The largest absolute Gasteiger partial charge is 0.573 e. The number of amides is 2. The van der Waals surface area contributed by atoms with Crippen LogP contribution < -0.4 is 10.1 Å². The molecule has 3 heterocycles. The van der Waals surface area contributed by atoms with Crippen LogP contribution in [0.25, 0.3) is 0 Å². The van der Waals surface area contributed by atoms with Crippen LogP contribution in [0.2, 0.25) is 0 Å². The van der Waals surface area contributed by atoms with Crippen LogP contribution in [0.5, 0.6) is 5.75 Å². The zero-order chi connectivity index (χ0) is 49.1.